The second kappa shape index (κ2) is 6.50. The van der Waals surface area contributed by atoms with E-state index in [1.165, 1.54) is 57.8 Å². The number of hydrogen-bond donors (Lipinski definition) is 0. The molecule has 24 heavy (non-hydrogen) atoms. The molecule has 3 aliphatic carbocycles. The van der Waals surface area contributed by atoms with Crippen LogP contribution in [-0.2, 0) is 0 Å². The summed E-state index contributed by atoms with van der Waals surface area (Å²) in [6.07, 6.45) is 21.8. The van der Waals surface area contributed by atoms with Gasteiger partial charge < -0.3 is 0 Å². The average molecular weight is 327 g/mol. The third-order valence-corrected chi connectivity index (χ3v) is 8.07. The molecule has 134 valence electrons. The Morgan fingerprint density at radius 3 is 2.71 bits per heavy atom. The topological polar surface area (TPSA) is 0 Å². The fourth-order valence-electron chi connectivity index (χ4n) is 6.63. The molecular formula is C24H38. The molecule has 0 heteroatoms. The van der Waals surface area contributed by atoms with E-state index >= 15 is 0 Å². The highest BCUT2D eigenvalue weighted by atomic mass is 14.6. The molecule has 2 unspecified atom stereocenters. The lowest BCUT2D eigenvalue weighted by atomic mass is 9.45. The van der Waals surface area contributed by atoms with Crippen LogP contribution in [0.5, 0.6) is 0 Å². The normalized spacial score (nSPS) is 45.4. The van der Waals surface area contributed by atoms with Gasteiger partial charge in [-0.15, -0.1) is 6.58 Å². The first kappa shape index (κ1) is 18.0. The van der Waals surface area contributed by atoms with E-state index in [9.17, 15) is 0 Å². The number of allylic oxidation sites excluding steroid dienone is 5. The number of fused-ring (bicyclic) bond motifs is 3. The predicted molar refractivity (Wildman–Crippen MR) is 106 cm³/mol. The molecule has 0 nitrogen and oxygen atoms in total. The molecule has 0 heterocycles. The maximum atomic E-state index is 4.12. The Balaban J connectivity index is 1.88. The SMILES string of the molecule is C=C[C@@]1(C)CC=C2C(CCC3[C@](C)(CC/C=C/C)CCC[C@@]23C)C1. The van der Waals surface area contributed by atoms with Crippen molar-refractivity contribution in [3.8, 4) is 0 Å². The van der Waals surface area contributed by atoms with Crippen LogP contribution in [0.4, 0.5) is 0 Å². The van der Waals surface area contributed by atoms with Gasteiger partial charge in [-0.25, -0.2) is 0 Å². The van der Waals surface area contributed by atoms with Crippen molar-refractivity contribution in [2.75, 3.05) is 0 Å². The van der Waals surface area contributed by atoms with Gasteiger partial charge in [-0.2, -0.15) is 0 Å². The lowest BCUT2D eigenvalue weighted by molar-refractivity contribution is -0.0306. The standard InChI is InChI=1S/C24H38/c1-6-8-9-14-23(4)15-10-16-24(5)20-13-17-22(3,7-2)18-19(20)11-12-21(23)24/h6-8,13,19,21H,2,9-12,14-18H2,1,3-5H3/b8-6+/t19?,21?,22-,23+,24-/m0/s1. The Morgan fingerprint density at radius 2 is 2.00 bits per heavy atom. The zero-order valence-corrected chi connectivity index (χ0v) is 16.5. The molecule has 2 fully saturated rings. The van der Waals surface area contributed by atoms with Crippen molar-refractivity contribution in [2.45, 2.75) is 85.5 Å². The van der Waals surface area contributed by atoms with Crippen molar-refractivity contribution in [3.05, 3.63) is 36.5 Å². The summed E-state index contributed by atoms with van der Waals surface area (Å²) >= 11 is 0. The summed E-state index contributed by atoms with van der Waals surface area (Å²) in [6.45, 7) is 13.9. The van der Waals surface area contributed by atoms with E-state index in [0.29, 0.717) is 16.2 Å². The van der Waals surface area contributed by atoms with E-state index in [2.05, 4.69) is 58.6 Å². The zero-order chi connectivity index (χ0) is 17.4. The van der Waals surface area contributed by atoms with Crippen LogP contribution in [0.2, 0.25) is 0 Å². The molecule has 0 aliphatic heterocycles. The molecule has 0 N–H and O–H groups in total. The fraction of sp³-hybridized carbons (Fsp3) is 0.750. The Morgan fingerprint density at radius 1 is 1.21 bits per heavy atom. The van der Waals surface area contributed by atoms with Crippen LogP contribution in [-0.4, -0.2) is 0 Å². The minimum atomic E-state index is 0.335. The summed E-state index contributed by atoms with van der Waals surface area (Å²) in [6, 6.07) is 0. The smallest absolute Gasteiger partial charge is 0.00802 e. The maximum Gasteiger partial charge on any atom is -0.00802 e. The summed E-state index contributed by atoms with van der Waals surface area (Å²) in [5.74, 6) is 1.71. The van der Waals surface area contributed by atoms with Crippen molar-refractivity contribution in [1.29, 1.82) is 0 Å². The van der Waals surface area contributed by atoms with Gasteiger partial charge in [0, 0.05) is 0 Å². The third-order valence-electron chi connectivity index (χ3n) is 8.07. The maximum absolute atomic E-state index is 4.12. The van der Waals surface area contributed by atoms with Crippen molar-refractivity contribution < 1.29 is 0 Å². The molecule has 0 spiro atoms. The molecule has 0 bridgehead atoms. The predicted octanol–water partition coefficient (Wildman–Crippen LogP) is 7.48. The molecular weight excluding hydrogens is 288 g/mol. The van der Waals surface area contributed by atoms with E-state index in [4.69, 9.17) is 0 Å². The fourth-order valence-corrected chi connectivity index (χ4v) is 6.63. The largest absolute Gasteiger partial charge is 0.103 e. The summed E-state index contributed by atoms with van der Waals surface area (Å²) < 4.78 is 0. The van der Waals surface area contributed by atoms with Gasteiger partial charge in [-0.1, -0.05) is 57.1 Å². The van der Waals surface area contributed by atoms with E-state index in [-0.39, 0.29) is 0 Å². The molecule has 0 aromatic heterocycles. The van der Waals surface area contributed by atoms with Gasteiger partial charge >= 0.3 is 0 Å². The van der Waals surface area contributed by atoms with Gasteiger partial charge in [0.05, 0.1) is 0 Å². The summed E-state index contributed by atoms with van der Waals surface area (Å²) in [5.41, 5.74) is 3.18. The minimum Gasteiger partial charge on any atom is -0.103 e. The molecule has 3 aliphatic rings. The van der Waals surface area contributed by atoms with Crippen LogP contribution in [0.25, 0.3) is 0 Å². The number of rotatable bonds is 4. The molecule has 2 saturated carbocycles. The van der Waals surface area contributed by atoms with Crippen LogP contribution in [0.15, 0.2) is 36.5 Å². The minimum absolute atomic E-state index is 0.335. The highest BCUT2D eigenvalue weighted by Gasteiger charge is 2.54. The molecule has 5 atom stereocenters. The quantitative estimate of drug-likeness (QED) is 0.470. The highest BCUT2D eigenvalue weighted by Crippen LogP contribution is 2.64. The Bertz CT molecular complexity index is 538. The van der Waals surface area contributed by atoms with Crippen molar-refractivity contribution >= 4 is 0 Å². The molecule has 0 aromatic carbocycles. The molecule has 0 amide bonds. The molecule has 0 aromatic rings. The van der Waals surface area contributed by atoms with Crippen LogP contribution in [0.1, 0.15) is 85.5 Å². The van der Waals surface area contributed by atoms with Gasteiger partial charge in [-0.3, -0.25) is 0 Å². The monoisotopic (exact) mass is 326 g/mol. The van der Waals surface area contributed by atoms with Crippen LogP contribution in [0, 0.1) is 28.1 Å². The van der Waals surface area contributed by atoms with Gasteiger partial charge in [-0.05, 0) is 86.4 Å². The molecule has 3 rings (SSSR count). The van der Waals surface area contributed by atoms with Gasteiger partial charge in [0.1, 0.15) is 0 Å². The second-order valence-corrected chi connectivity index (χ2v) is 9.79. The Hall–Kier alpha value is -0.780. The Labute approximate surface area is 150 Å². The summed E-state index contributed by atoms with van der Waals surface area (Å²) in [4.78, 5) is 0. The molecule has 0 saturated heterocycles. The summed E-state index contributed by atoms with van der Waals surface area (Å²) in [7, 11) is 0. The van der Waals surface area contributed by atoms with E-state index in [0.717, 1.165) is 11.8 Å². The van der Waals surface area contributed by atoms with Crippen molar-refractivity contribution in [1.82, 2.24) is 0 Å². The van der Waals surface area contributed by atoms with Crippen molar-refractivity contribution in [2.24, 2.45) is 28.1 Å². The van der Waals surface area contributed by atoms with Crippen LogP contribution < -0.4 is 0 Å². The highest BCUT2D eigenvalue weighted by molar-refractivity contribution is 5.28. The lowest BCUT2D eigenvalue weighted by Gasteiger charge is -2.59. The first-order valence-corrected chi connectivity index (χ1v) is 10.3. The van der Waals surface area contributed by atoms with Crippen molar-refractivity contribution in [3.63, 3.8) is 0 Å². The zero-order valence-electron chi connectivity index (χ0n) is 16.5. The Kier molecular flexibility index (Phi) is 4.89. The first-order chi connectivity index (χ1) is 11.4. The average Bonchev–Trinajstić information content (AvgIpc) is 2.54. The van der Waals surface area contributed by atoms with E-state index in [1.54, 1.807) is 0 Å². The molecule has 0 radical (unpaired) electrons. The van der Waals surface area contributed by atoms with Crippen LogP contribution >= 0.6 is 0 Å². The summed E-state index contributed by atoms with van der Waals surface area (Å²) in [5, 5.41) is 0. The number of hydrogen-bond acceptors (Lipinski definition) is 0. The third kappa shape index (κ3) is 2.95. The van der Waals surface area contributed by atoms with Gasteiger partial charge in [0.15, 0.2) is 0 Å². The van der Waals surface area contributed by atoms with Gasteiger partial charge in [0.25, 0.3) is 0 Å². The lowest BCUT2D eigenvalue weighted by Crippen LogP contribution is -2.50. The second-order valence-electron chi connectivity index (χ2n) is 9.79. The van der Waals surface area contributed by atoms with E-state index < -0.39 is 0 Å². The van der Waals surface area contributed by atoms with Crippen LogP contribution in [0.3, 0.4) is 0 Å². The van der Waals surface area contributed by atoms with Gasteiger partial charge in [0.2, 0.25) is 0 Å². The van der Waals surface area contributed by atoms with E-state index in [1.807, 2.05) is 5.57 Å². The first-order valence-electron chi connectivity index (χ1n) is 10.3.